The Labute approximate surface area is 478 Å². The van der Waals surface area contributed by atoms with Crippen molar-refractivity contribution in [3.63, 3.8) is 0 Å². The molecular formula is C64H60S10. The lowest BCUT2D eigenvalue weighted by atomic mass is 10.1. The predicted molar refractivity (Wildman–Crippen MR) is 343 cm³/mol. The van der Waals surface area contributed by atoms with E-state index in [0.29, 0.717) is 0 Å². The van der Waals surface area contributed by atoms with E-state index in [-0.39, 0.29) is 0 Å². The summed E-state index contributed by atoms with van der Waals surface area (Å²) in [7, 11) is 0. The largest absolute Gasteiger partial charge is 0.132 e. The van der Waals surface area contributed by atoms with Crippen molar-refractivity contribution < 1.29 is 0 Å². The van der Waals surface area contributed by atoms with Crippen LogP contribution < -0.4 is 0 Å². The first-order chi connectivity index (χ1) is 36.5. The molecule has 0 bridgehead atoms. The molecule has 74 heavy (non-hydrogen) atoms. The summed E-state index contributed by atoms with van der Waals surface area (Å²) in [5.74, 6) is 29.9. The van der Waals surface area contributed by atoms with E-state index >= 15 is 0 Å². The van der Waals surface area contributed by atoms with Gasteiger partial charge in [0.15, 0.2) is 0 Å². The molecule has 0 fully saturated rings. The van der Waals surface area contributed by atoms with Crippen molar-refractivity contribution in [2.24, 2.45) is 0 Å². The molecule has 10 heterocycles. The highest BCUT2D eigenvalue weighted by Gasteiger charge is 2.28. The topological polar surface area (TPSA) is 0 Å². The third-order valence-corrected chi connectivity index (χ3v) is 25.7. The summed E-state index contributed by atoms with van der Waals surface area (Å²) in [6.07, 6.45) is 25.1. The van der Waals surface area contributed by atoms with E-state index in [1.165, 1.54) is 181 Å². The Morgan fingerprint density at radius 3 is 0.716 bits per heavy atom. The molecule has 0 aliphatic carbocycles. The third-order valence-electron chi connectivity index (χ3n) is 13.7. The predicted octanol–water partition coefficient (Wildman–Crippen LogP) is 22.7. The molecule has 0 atom stereocenters. The zero-order valence-electron chi connectivity index (χ0n) is 42.8. The lowest BCUT2D eigenvalue weighted by molar-refractivity contribution is 0.670. The lowest BCUT2D eigenvalue weighted by Gasteiger charge is -1.96. The first-order valence-corrected chi connectivity index (χ1v) is 35.1. The molecule has 0 saturated carbocycles. The molecule has 0 radical (unpaired) electrons. The molecule has 10 aromatic heterocycles. The van der Waals surface area contributed by atoms with Gasteiger partial charge in [-0.05, 0) is 147 Å². The summed E-state index contributed by atoms with van der Waals surface area (Å²) in [6.45, 7) is 9.14. The SMILES string of the molecule is CCCCCCc1ccc(C#Cc2sc3c4sc(C#Cc5ccc(CCCCCC)s5)c5sc6c(C#Cc7ccc(CCCCCC)s7)sc(c7sc(C#Cc8ccc(CCCCCC)s8)c8sc2c3c87)c6c54)s1. The van der Waals surface area contributed by atoms with Crippen LogP contribution in [0.15, 0.2) is 48.5 Å². The smallest absolute Gasteiger partial charge is 0.0958 e. The molecule has 11 rings (SSSR count). The normalized spacial score (nSPS) is 11.6. The van der Waals surface area contributed by atoms with Crippen LogP contribution in [0.3, 0.4) is 0 Å². The van der Waals surface area contributed by atoms with E-state index in [1.54, 1.807) is 0 Å². The average Bonchev–Trinajstić information content (AvgIpc) is 4.25. The second-order valence-electron chi connectivity index (χ2n) is 19.4. The Morgan fingerprint density at radius 1 is 0.243 bits per heavy atom. The minimum atomic E-state index is 1.14. The van der Waals surface area contributed by atoms with Crippen molar-refractivity contribution in [2.45, 2.75) is 156 Å². The minimum Gasteiger partial charge on any atom is -0.132 e. The van der Waals surface area contributed by atoms with Crippen LogP contribution in [0.5, 0.6) is 0 Å². The highest BCUT2D eigenvalue weighted by molar-refractivity contribution is 7.41. The molecule has 0 amide bonds. The van der Waals surface area contributed by atoms with Gasteiger partial charge in [-0.2, -0.15) is 0 Å². The summed E-state index contributed by atoms with van der Waals surface area (Å²) in [5, 5.41) is 5.43. The van der Waals surface area contributed by atoms with Crippen LogP contribution in [-0.4, -0.2) is 0 Å². The number of hydrogen-bond donors (Lipinski definition) is 0. The zero-order valence-corrected chi connectivity index (χ0v) is 51.0. The van der Waals surface area contributed by atoms with Gasteiger partial charge >= 0.3 is 0 Å². The Bertz CT molecular complexity index is 3450. The van der Waals surface area contributed by atoms with Crippen LogP contribution in [0.4, 0.5) is 0 Å². The van der Waals surface area contributed by atoms with Gasteiger partial charge in [-0.25, -0.2) is 0 Å². The third kappa shape index (κ3) is 11.5. The van der Waals surface area contributed by atoms with Gasteiger partial charge in [0, 0.05) is 41.1 Å². The number of rotatable bonds is 20. The second-order valence-corrected chi connectivity index (χ2v) is 30.2. The number of aryl methyl sites for hydroxylation is 4. The first-order valence-electron chi connectivity index (χ1n) is 27.0. The van der Waals surface area contributed by atoms with Crippen LogP contribution in [0, 0.1) is 47.4 Å². The first kappa shape index (κ1) is 52.3. The van der Waals surface area contributed by atoms with Crippen LogP contribution in [0.2, 0.25) is 0 Å². The fraction of sp³-hybridized carbons (Fsp3) is 0.375. The minimum absolute atomic E-state index is 1.14. The maximum Gasteiger partial charge on any atom is 0.0958 e. The molecular weight excluding hydrogens is 1090 g/mol. The number of thiophene rings is 10. The van der Waals surface area contributed by atoms with E-state index in [9.17, 15) is 0 Å². The lowest BCUT2D eigenvalue weighted by Crippen LogP contribution is -1.80. The highest BCUT2D eigenvalue weighted by atomic mass is 32.1. The molecule has 0 saturated heterocycles. The van der Waals surface area contributed by atoms with Crippen molar-refractivity contribution in [2.75, 3.05) is 0 Å². The van der Waals surface area contributed by atoms with Crippen molar-refractivity contribution in [3.05, 3.63) is 107 Å². The Kier molecular flexibility index (Phi) is 17.5. The molecule has 10 heteroatoms. The Morgan fingerprint density at radius 2 is 0.486 bits per heavy atom. The number of fused-ring (bicyclic) bond motifs is 2. The fourth-order valence-corrected chi connectivity index (χ4v) is 21.4. The van der Waals surface area contributed by atoms with E-state index in [2.05, 4.69) is 124 Å². The zero-order chi connectivity index (χ0) is 50.4. The van der Waals surface area contributed by atoms with Gasteiger partial charge < -0.3 is 0 Å². The van der Waals surface area contributed by atoms with Gasteiger partial charge in [0.1, 0.15) is 0 Å². The van der Waals surface area contributed by atoms with Crippen LogP contribution in [-0.2, 0) is 25.7 Å². The fourth-order valence-electron chi connectivity index (χ4n) is 9.83. The second kappa shape index (κ2) is 24.7. The van der Waals surface area contributed by atoms with Gasteiger partial charge in [0.2, 0.25) is 0 Å². The Balaban J connectivity index is 1.08. The van der Waals surface area contributed by atoms with Crippen molar-refractivity contribution >= 4 is 173 Å². The van der Waals surface area contributed by atoms with E-state index in [0.717, 1.165) is 64.7 Å². The summed E-state index contributed by atoms with van der Waals surface area (Å²) in [5.41, 5.74) is 0. The molecule has 0 aliphatic rings. The molecule has 0 spiro atoms. The van der Waals surface area contributed by atoms with Gasteiger partial charge in [-0.3, -0.25) is 0 Å². The van der Waals surface area contributed by atoms with Gasteiger partial charge in [-0.1, -0.05) is 105 Å². The highest BCUT2D eigenvalue weighted by Crippen LogP contribution is 2.58. The van der Waals surface area contributed by atoms with Crippen LogP contribution in [0.1, 0.15) is 189 Å². The van der Waals surface area contributed by atoms with Crippen LogP contribution in [0.25, 0.3) is 59.1 Å². The van der Waals surface area contributed by atoms with Crippen LogP contribution >= 0.6 is 113 Å². The molecule has 0 nitrogen and oxygen atoms in total. The van der Waals surface area contributed by atoms with E-state index in [4.69, 9.17) is 0 Å². The molecule has 0 unspecified atom stereocenters. The van der Waals surface area contributed by atoms with E-state index < -0.39 is 0 Å². The molecule has 11 aromatic rings. The van der Waals surface area contributed by atoms with Crippen molar-refractivity contribution in [3.8, 4) is 47.4 Å². The Hall–Kier alpha value is -3.72. The van der Waals surface area contributed by atoms with Crippen molar-refractivity contribution in [1.29, 1.82) is 0 Å². The maximum absolute atomic E-state index is 3.79. The van der Waals surface area contributed by atoms with Gasteiger partial charge in [0.05, 0.1) is 76.6 Å². The quantitative estimate of drug-likeness (QED) is 0.0527. The maximum atomic E-state index is 3.79. The summed E-state index contributed by atoms with van der Waals surface area (Å²) < 4.78 is 10.6. The standard InChI is InChI=1S/C64H60S10/c1-5-9-13-17-21-41-25-29-45(65-41)33-37-49-57-53-54-58(73-57)50(38-34-46-30-26-42(66-46)22-18-14-10-6-2)71-63(54)64-56-55-59(74-60(56)52(72-64)40-36-48-32-28-44(68-48)24-20-16-12-8-4)51(70-62(55)61(53)69-49)39-35-47-31-27-43(67-47)23-19-15-11-7-3/h25-32H,5-24H2,1-4H3. The van der Waals surface area contributed by atoms with Gasteiger partial charge in [-0.15, -0.1) is 113 Å². The summed E-state index contributed by atoms with van der Waals surface area (Å²) in [6, 6.07) is 18.2. The molecule has 0 N–H and O–H groups in total. The summed E-state index contributed by atoms with van der Waals surface area (Å²) in [4.78, 5) is 15.1. The molecule has 1 aromatic carbocycles. The summed E-state index contributed by atoms with van der Waals surface area (Å²) >= 11 is 18.9. The average molecular weight is 1150 g/mol. The molecule has 376 valence electrons. The monoisotopic (exact) mass is 1150 g/mol. The van der Waals surface area contributed by atoms with Crippen molar-refractivity contribution in [1.82, 2.24) is 0 Å². The van der Waals surface area contributed by atoms with Gasteiger partial charge in [0.25, 0.3) is 0 Å². The van der Waals surface area contributed by atoms with E-state index in [1.807, 2.05) is 113 Å². The molecule has 0 aliphatic heterocycles. The number of unbranched alkanes of at least 4 members (excludes halogenated alkanes) is 12. The number of hydrogen-bond acceptors (Lipinski definition) is 10.